The Labute approximate surface area is 142 Å². The molecular formula is C17H14ClN3O3. The van der Waals surface area contributed by atoms with Crippen molar-refractivity contribution < 1.29 is 14.3 Å². The predicted octanol–water partition coefficient (Wildman–Crippen LogP) is 2.60. The fourth-order valence-corrected chi connectivity index (χ4v) is 2.77. The highest BCUT2D eigenvalue weighted by Gasteiger charge is 2.31. The standard InChI is InChI=1S/C17H14ClN3O3/c18-11-3-5-12(6-4-11)21-15(16-2-1-7-24-16)8-14(19-21)17(23)20-9-13(22)10-20/h1-8,13,22H,9-10H2. The van der Waals surface area contributed by atoms with Gasteiger partial charge in [-0.15, -0.1) is 0 Å². The van der Waals surface area contributed by atoms with Crippen molar-refractivity contribution in [3.05, 3.63) is 59.4 Å². The maximum absolute atomic E-state index is 12.5. The average Bonchev–Trinajstić information content (AvgIpc) is 3.21. The van der Waals surface area contributed by atoms with Gasteiger partial charge in [-0.1, -0.05) is 11.6 Å². The van der Waals surface area contributed by atoms with Crippen molar-refractivity contribution in [2.45, 2.75) is 6.10 Å². The number of carbonyl (C=O) groups excluding carboxylic acids is 1. The summed E-state index contributed by atoms with van der Waals surface area (Å²) in [6.45, 7) is 0.672. The lowest BCUT2D eigenvalue weighted by molar-refractivity contribution is 0.00547. The zero-order chi connectivity index (χ0) is 16.7. The Balaban J connectivity index is 1.76. The number of aliphatic hydroxyl groups excluding tert-OH is 1. The Morgan fingerprint density at radius 3 is 2.62 bits per heavy atom. The molecule has 24 heavy (non-hydrogen) atoms. The van der Waals surface area contributed by atoms with E-state index in [0.717, 1.165) is 5.69 Å². The molecule has 0 saturated carbocycles. The molecule has 0 atom stereocenters. The van der Waals surface area contributed by atoms with Crippen LogP contribution in [0.25, 0.3) is 17.1 Å². The van der Waals surface area contributed by atoms with E-state index < -0.39 is 6.10 Å². The minimum atomic E-state index is -0.447. The van der Waals surface area contributed by atoms with Gasteiger partial charge in [0, 0.05) is 24.2 Å². The van der Waals surface area contributed by atoms with Crippen LogP contribution < -0.4 is 0 Å². The summed E-state index contributed by atoms with van der Waals surface area (Å²) in [4.78, 5) is 14.0. The van der Waals surface area contributed by atoms with E-state index >= 15 is 0 Å². The molecule has 1 N–H and O–H groups in total. The molecule has 7 heteroatoms. The number of halogens is 1. The summed E-state index contributed by atoms with van der Waals surface area (Å²) in [7, 11) is 0. The lowest BCUT2D eigenvalue weighted by atomic mass is 10.1. The minimum absolute atomic E-state index is 0.208. The van der Waals surface area contributed by atoms with Crippen molar-refractivity contribution in [1.29, 1.82) is 0 Å². The van der Waals surface area contributed by atoms with E-state index in [1.54, 1.807) is 40.1 Å². The molecule has 1 amide bonds. The third-order valence-electron chi connectivity index (χ3n) is 3.92. The molecule has 0 bridgehead atoms. The average molecular weight is 344 g/mol. The van der Waals surface area contributed by atoms with Gasteiger partial charge in [0.25, 0.3) is 5.91 Å². The summed E-state index contributed by atoms with van der Waals surface area (Å²) in [6.07, 6.45) is 1.12. The second kappa shape index (κ2) is 5.81. The van der Waals surface area contributed by atoms with Crippen LogP contribution in [0.5, 0.6) is 0 Å². The third-order valence-corrected chi connectivity index (χ3v) is 4.17. The van der Waals surface area contributed by atoms with Crippen LogP contribution in [-0.2, 0) is 0 Å². The van der Waals surface area contributed by atoms with Crippen molar-refractivity contribution >= 4 is 17.5 Å². The molecule has 1 aromatic carbocycles. The molecule has 1 saturated heterocycles. The first-order valence-corrected chi connectivity index (χ1v) is 7.87. The number of hydrogen-bond acceptors (Lipinski definition) is 4. The monoisotopic (exact) mass is 343 g/mol. The molecule has 1 aliphatic rings. The minimum Gasteiger partial charge on any atom is -0.463 e. The summed E-state index contributed by atoms with van der Waals surface area (Å²) in [5.74, 6) is 0.404. The Bertz CT molecular complexity index is 865. The van der Waals surface area contributed by atoms with Crippen LogP contribution in [0.3, 0.4) is 0 Å². The van der Waals surface area contributed by atoms with Crippen LogP contribution in [0.2, 0.25) is 5.02 Å². The molecule has 6 nitrogen and oxygen atoms in total. The van der Waals surface area contributed by atoms with Crippen LogP contribution in [0.4, 0.5) is 0 Å². The van der Waals surface area contributed by atoms with Crippen molar-refractivity contribution in [3.63, 3.8) is 0 Å². The van der Waals surface area contributed by atoms with Gasteiger partial charge in [-0.05, 0) is 36.4 Å². The summed E-state index contributed by atoms with van der Waals surface area (Å²) in [5.41, 5.74) is 1.75. The molecule has 0 unspecified atom stereocenters. The van der Waals surface area contributed by atoms with Crippen molar-refractivity contribution in [3.8, 4) is 17.1 Å². The van der Waals surface area contributed by atoms with Gasteiger partial charge in [0.1, 0.15) is 5.69 Å². The van der Waals surface area contributed by atoms with Crippen LogP contribution >= 0.6 is 11.6 Å². The molecule has 122 valence electrons. The van der Waals surface area contributed by atoms with E-state index in [1.807, 2.05) is 18.2 Å². The number of aromatic nitrogens is 2. The first-order chi connectivity index (χ1) is 11.6. The Morgan fingerprint density at radius 2 is 2.00 bits per heavy atom. The van der Waals surface area contributed by atoms with Gasteiger partial charge < -0.3 is 14.4 Å². The van der Waals surface area contributed by atoms with Crippen LogP contribution in [0.15, 0.2) is 53.1 Å². The Kier molecular flexibility index (Phi) is 3.63. The third kappa shape index (κ3) is 2.60. The topological polar surface area (TPSA) is 71.5 Å². The van der Waals surface area contributed by atoms with E-state index in [-0.39, 0.29) is 5.91 Å². The number of carbonyl (C=O) groups is 1. The van der Waals surface area contributed by atoms with Gasteiger partial charge in [0.05, 0.1) is 18.1 Å². The lowest BCUT2D eigenvalue weighted by Gasteiger charge is -2.35. The number of hydrogen-bond donors (Lipinski definition) is 1. The molecular weight excluding hydrogens is 330 g/mol. The predicted molar refractivity (Wildman–Crippen MR) is 88.2 cm³/mol. The molecule has 3 aromatic rings. The van der Waals surface area contributed by atoms with Crippen molar-refractivity contribution in [2.24, 2.45) is 0 Å². The molecule has 4 rings (SSSR count). The number of nitrogens with zero attached hydrogens (tertiary/aromatic N) is 3. The molecule has 0 aliphatic carbocycles. The van der Waals surface area contributed by atoms with Crippen LogP contribution in [0.1, 0.15) is 10.5 Å². The van der Waals surface area contributed by atoms with E-state index in [2.05, 4.69) is 5.10 Å². The highest BCUT2D eigenvalue weighted by molar-refractivity contribution is 6.30. The molecule has 1 fully saturated rings. The molecule has 1 aliphatic heterocycles. The second-order valence-electron chi connectivity index (χ2n) is 5.64. The number of β-amino-alcohol motifs (C(OH)–C–C–N with tert-alkyl or cyclic N) is 1. The molecule has 3 heterocycles. The summed E-state index contributed by atoms with van der Waals surface area (Å²) in [5, 5.41) is 14.4. The fraction of sp³-hybridized carbons (Fsp3) is 0.176. The normalized spacial score (nSPS) is 14.7. The van der Waals surface area contributed by atoms with Gasteiger partial charge in [-0.3, -0.25) is 4.79 Å². The van der Waals surface area contributed by atoms with E-state index in [1.165, 1.54) is 0 Å². The summed E-state index contributed by atoms with van der Waals surface area (Å²) >= 11 is 5.94. The summed E-state index contributed by atoms with van der Waals surface area (Å²) in [6, 6.07) is 12.5. The first kappa shape index (κ1) is 15.0. The van der Waals surface area contributed by atoms with E-state index in [0.29, 0.717) is 35.3 Å². The van der Waals surface area contributed by atoms with Crippen LogP contribution in [-0.4, -0.2) is 44.9 Å². The number of benzene rings is 1. The van der Waals surface area contributed by atoms with Gasteiger partial charge in [0.15, 0.2) is 11.5 Å². The maximum Gasteiger partial charge on any atom is 0.274 e. The largest absolute Gasteiger partial charge is 0.463 e. The molecule has 0 spiro atoms. The lowest BCUT2D eigenvalue weighted by Crippen LogP contribution is -2.53. The van der Waals surface area contributed by atoms with Crippen molar-refractivity contribution in [1.82, 2.24) is 14.7 Å². The van der Waals surface area contributed by atoms with Crippen molar-refractivity contribution in [2.75, 3.05) is 13.1 Å². The number of furan rings is 1. The summed E-state index contributed by atoms with van der Waals surface area (Å²) < 4.78 is 7.12. The number of likely N-dealkylation sites (tertiary alicyclic amines) is 1. The smallest absolute Gasteiger partial charge is 0.274 e. The maximum atomic E-state index is 12.5. The zero-order valence-corrected chi connectivity index (χ0v) is 13.3. The molecule has 0 radical (unpaired) electrons. The zero-order valence-electron chi connectivity index (χ0n) is 12.6. The van der Waals surface area contributed by atoms with E-state index in [9.17, 15) is 9.90 Å². The Morgan fingerprint density at radius 1 is 1.25 bits per heavy atom. The second-order valence-corrected chi connectivity index (χ2v) is 6.08. The number of rotatable bonds is 3. The number of amides is 1. The van der Waals surface area contributed by atoms with Gasteiger partial charge in [-0.25, -0.2) is 4.68 Å². The molecule has 2 aromatic heterocycles. The fourth-order valence-electron chi connectivity index (χ4n) is 2.65. The highest BCUT2D eigenvalue weighted by Crippen LogP contribution is 2.26. The van der Waals surface area contributed by atoms with E-state index in [4.69, 9.17) is 16.0 Å². The SMILES string of the molecule is O=C(c1cc(-c2ccco2)n(-c2ccc(Cl)cc2)n1)N1CC(O)C1. The van der Waals surface area contributed by atoms with Gasteiger partial charge >= 0.3 is 0 Å². The quantitative estimate of drug-likeness (QED) is 0.793. The number of aliphatic hydroxyl groups is 1. The Hall–Kier alpha value is -2.57. The first-order valence-electron chi connectivity index (χ1n) is 7.49. The van der Waals surface area contributed by atoms with Gasteiger partial charge in [0.2, 0.25) is 0 Å². The highest BCUT2D eigenvalue weighted by atomic mass is 35.5. The van der Waals surface area contributed by atoms with Crippen LogP contribution in [0, 0.1) is 0 Å². The van der Waals surface area contributed by atoms with Gasteiger partial charge in [-0.2, -0.15) is 5.10 Å².